The normalized spacial score (nSPS) is 13.3. The second-order valence-electron chi connectivity index (χ2n) is 8.69. The predicted octanol–water partition coefficient (Wildman–Crippen LogP) is 5.38. The van der Waals surface area contributed by atoms with Crippen LogP contribution in [0.15, 0.2) is 88.3 Å². The van der Waals surface area contributed by atoms with Gasteiger partial charge in [-0.05, 0) is 73.9 Å². The molecule has 0 saturated carbocycles. The van der Waals surface area contributed by atoms with Crippen LogP contribution in [0.4, 0.5) is 11.4 Å². The summed E-state index contributed by atoms with van der Waals surface area (Å²) in [6, 6.07) is 22.0. The Kier molecular flexibility index (Phi) is 8.43. The van der Waals surface area contributed by atoms with Crippen molar-refractivity contribution in [3.63, 3.8) is 0 Å². The number of thioether (sulfide) groups is 1. The molecule has 1 aliphatic rings. The number of nitrogens with zero attached hydrogens (tertiary/aromatic N) is 1. The zero-order chi connectivity index (χ0) is 26.4. The number of carbonyl (C=O) groups is 3. The molecule has 0 bridgehead atoms. The number of rotatable bonds is 10. The molecule has 0 fully saturated rings. The van der Waals surface area contributed by atoms with E-state index < -0.39 is 0 Å². The van der Waals surface area contributed by atoms with Crippen LogP contribution in [0.3, 0.4) is 0 Å². The molecular formula is C29H29N3O4S. The number of hydrogen-bond donors (Lipinski definition) is 2. The zero-order valence-corrected chi connectivity index (χ0v) is 21.9. The average molecular weight is 516 g/mol. The summed E-state index contributed by atoms with van der Waals surface area (Å²) in [5.74, 6) is -0.943. The SMILES string of the molecule is COCCCN1C(=O)C(Nc2ccc(C)c(C)c2)=C(Sc2cccc(NC(=O)c3ccccc3)c2)C1=O. The van der Waals surface area contributed by atoms with Gasteiger partial charge in [-0.1, -0.05) is 42.1 Å². The van der Waals surface area contributed by atoms with Gasteiger partial charge in [0.2, 0.25) is 0 Å². The number of imide groups is 1. The van der Waals surface area contributed by atoms with E-state index in [2.05, 4.69) is 10.6 Å². The molecule has 0 radical (unpaired) electrons. The van der Waals surface area contributed by atoms with E-state index in [9.17, 15) is 14.4 Å². The third kappa shape index (κ3) is 6.28. The zero-order valence-electron chi connectivity index (χ0n) is 21.0. The van der Waals surface area contributed by atoms with Crippen LogP contribution in [-0.4, -0.2) is 42.9 Å². The third-order valence-electron chi connectivity index (χ3n) is 5.98. The lowest BCUT2D eigenvalue weighted by molar-refractivity contribution is -0.137. The van der Waals surface area contributed by atoms with E-state index in [-0.39, 0.29) is 30.0 Å². The lowest BCUT2D eigenvalue weighted by Gasteiger charge is -2.15. The smallest absolute Gasteiger partial charge is 0.278 e. The first-order valence-electron chi connectivity index (χ1n) is 12.0. The van der Waals surface area contributed by atoms with Gasteiger partial charge in [0.05, 0.1) is 0 Å². The van der Waals surface area contributed by atoms with Crippen molar-refractivity contribution < 1.29 is 19.1 Å². The number of ether oxygens (including phenoxy) is 1. The Bertz CT molecular complexity index is 1350. The maximum absolute atomic E-state index is 13.4. The van der Waals surface area contributed by atoms with E-state index in [1.807, 2.05) is 44.2 Å². The predicted molar refractivity (Wildman–Crippen MR) is 146 cm³/mol. The fourth-order valence-electron chi connectivity index (χ4n) is 3.84. The maximum Gasteiger partial charge on any atom is 0.278 e. The molecule has 0 saturated heterocycles. The van der Waals surface area contributed by atoms with Crippen molar-refractivity contribution >= 4 is 40.9 Å². The first-order valence-corrected chi connectivity index (χ1v) is 12.8. The minimum Gasteiger partial charge on any atom is -0.385 e. The number of nitrogens with one attached hydrogen (secondary N) is 2. The lowest BCUT2D eigenvalue weighted by atomic mass is 10.1. The van der Waals surface area contributed by atoms with Crippen molar-refractivity contribution in [3.8, 4) is 0 Å². The molecule has 0 aromatic heterocycles. The topological polar surface area (TPSA) is 87.7 Å². The lowest BCUT2D eigenvalue weighted by Crippen LogP contribution is -2.33. The summed E-state index contributed by atoms with van der Waals surface area (Å²) in [6.07, 6.45) is 0.545. The second kappa shape index (κ2) is 11.9. The number of benzene rings is 3. The Hall–Kier alpha value is -3.88. The number of amides is 3. The van der Waals surface area contributed by atoms with Gasteiger partial charge in [0, 0.05) is 42.1 Å². The quantitative estimate of drug-likeness (QED) is 0.279. The van der Waals surface area contributed by atoms with Crippen molar-refractivity contribution in [3.05, 3.63) is 100 Å². The highest BCUT2D eigenvalue weighted by Gasteiger charge is 2.38. The van der Waals surface area contributed by atoms with Gasteiger partial charge in [-0.25, -0.2) is 0 Å². The van der Waals surface area contributed by atoms with Gasteiger partial charge in [0.1, 0.15) is 10.6 Å². The Morgan fingerprint density at radius 1 is 0.892 bits per heavy atom. The van der Waals surface area contributed by atoms with Gasteiger partial charge in [0.25, 0.3) is 17.7 Å². The Morgan fingerprint density at radius 2 is 1.68 bits per heavy atom. The average Bonchev–Trinajstić information content (AvgIpc) is 3.11. The molecule has 2 N–H and O–H groups in total. The summed E-state index contributed by atoms with van der Waals surface area (Å²) < 4.78 is 5.10. The van der Waals surface area contributed by atoms with Crippen LogP contribution in [-0.2, 0) is 14.3 Å². The molecule has 190 valence electrons. The van der Waals surface area contributed by atoms with Gasteiger partial charge in [-0.2, -0.15) is 0 Å². The monoisotopic (exact) mass is 515 g/mol. The minimum absolute atomic E-state index is 0.226. The van der Waals surface area contributed by atoms with Crippen molar-refractivity contribution in [1.29, 1.82) is 0 Å². The molecule has 1 heterocycles. The third-order valence-corrected chi connectivity index (χ3v) is 7.05. The van der Waals surface area contributed by atoms with E-state index in [1.165, 1.54) is 16.7 Å². The molecule has 37 heavy (non-hydrogen) atoms. The van der Waals surface area contributed by atoms with E-state index in [4.69, 9.17) is 4.74 Å². The van der Waals surface area contributed by atoms with E-state index in [0.29, 0.717) is 29.2 Å². The first-order chi connectivity index (χ1) is 17.9. The standard InChI is InChI=1S/C29H29N3O4S/c1-19-13-14-23(17-20(19)2)30-25-26(29(35)32(28(25)34)15-8-16-36-3)37-24-12-7-11-22(18-24)31-27(33)21-9-5-4-6-10-21/h4-7,9-14,17-18,30H,8,15-16H2,1-3H3,(H,31,33). The van der Waals surface area contributed by atoms with Crippen molar-refractivity contribution in [1.82, 2.24) is 4.90 Å². The summed E-state index contributed by atoms with van der Waals surface area (Å²) >= 11 is 1.20. The van der Waals surface area contributed by atoms with Crippen LogP contribution in [0.5, 0.6) is 0 Å². The maximum atomic E-state index is 13.4. The molecule has 3 aromatic carbocycles. The fraction of sp³-hybridized carbons (Fsp3) is 0.207. The number of carbonyl (C=O) groups excluding carboxylic acids is 3. The fourth-order valence-corrected chi connectivity index (χ4v) is 4.85. The van der Waals surface area contributed by atoms with Crippen LogP contribution in [0.25, 0.3) is 0 Å². The Balaban J connectivity index is 1.60. The largest absolute Gasteiger partial charge is 0.385 e. The minimum atomic E-state index is -0.365. The highest BCUT2D eigenvalue weighted by atomic mass is 32.2. The van der Waals surface area contributed by atoms with Crippen molar-refractivity contribution in [2.45, 2.75) is 25.2 Å². The molecule has 0 spiro atoms. The van der Waals surface area contributed by atoms with Crippen molar-refractivity contribution in [2.24, 2.45) is 0 Å². The molecule has 4 rings (SSSR count). The first kappa shape index (κ1) is 26.2. The Morgan fingerprint density at radius 3 is 2.41 bits per heavy atom. The number of methoxy groups -OCH3 is 1. The summed E-state index contributed by atoms with van der Waals surface area (Å²) in [5, 5.41) is 6.08. The van der Waals surface area contributed by atoms with Crippen LogP contribution < -0.4 is 10.6 Å². The molecule has 0 atom stereocenters. The van der Waals surface area contributed by atoms with Gasteiger partial charge in [-0.3, -0.25) is 19.3 Å². The molecule has 3 aromatic rings. The molecule has 0 unspecified atom stereocenters. The molecule has 0 aliphatic carbocycles. The summed E-state index contributed by atoms with van der Waals surface area (Å²) in [5.41, 5.74) is 4.34. The van der Waals surface area contributed by atoms with E-state index in [1.54, 1.807) is 49.6 Å². The van der Waals surface area contributed by atoms with E-state index in [0.717, 1.165) is 21.7 Å². The van der Waals surface area contributed by atoms with Crippen LogP contribution in [0.1, 0.15) is 27.9 Å². The van der Waals surface area contributed by atoms with Gasteiger partial charge < -0.3 is 15.4 Å². The van der Waals surface area contributed by atoms with Crippen molar-refractivity contribution in [2.75, 3.05) is 30.9 Å². The summed E-state index contributed by atoms with van der Waals surface area (Å²) in [4.78, 5) is 41.5. The van der Waals surface area contributed by atoms with Crippen LogP contribution in [0.2, 0.25) is 0 Å². The number of hydrogen-bond acceptors (Lipinski definition) is 6. The number of anilines is 2. The summed E-state index contributed by atoms with van der Waals surface area (Å²) in [6.45, 7) is 4.73. The number of aryl methyl sites for hydroxylation is 2. The molecular weight excluding hydrogens is 486 g/mol. The molecule has 1 aliphatic heterocycles. The Labute approximate surface area is 220 Å². The van der Waals surface area contributed by atoms with Crippen LogP contribution in [0, 0.1) is 13.8 Å². The van der Waals surface area contributed by atoms with Crippen LogP contribution >= 0.6 is 11.8 Å². The second-order valence-corrected chi connectivity index (χ2v) is 9.77. The van der Waals surface area contributed by atoms with Gasteiger partial charge in [0.15, 0.2) is 0 Å². The van der Waals surface area contributed by atoms with E-state index >= 15 is 0 Å². The highest BCUT2D eigenvalue weighted by molar-refractivity contribution is 8.04. The molecule has 8 heteroatoms. The molecule has 3 amide bonds. The summed E-state index contributed by atoms with van der Waals surface area (Å²) in [7, 11) is 1.59. The molecule has 7 nitrogen and oxygen atoms in total. The van der Waals surface area contributed by atoms with Gasteiger partial charge >= 0.3 is 0 Å². The van der Waals surface area contributed by atoms with Gasteiger partial charge in [-0.15, -0.1) is 0 Å². The highest BCUT2D eigenvalue weighted by Crippen LogP contribution is 2.37.